The zero-order valence-corrected chi connectivity index (χ0v) is 14.6. The largest absolute Gasteiger partial charge is 0.326 e. The van der Waals surface area contributed by atoms with Gasteiger partial charge in [-0.2, -0.15) is 0 Å². The molecule has 25 heavy (non-hydrogen) atoms. The molecule has 2 aromatic carbocycles. The molecule has 4 nitrogen and oxygen atoms in total. The first-order valence-electron chi connectivity index (χ1n) is 8.87. The molecule has 2 amide bonds. The molecular formula is C20H25FN3O+. The second-order valence-corrected chi connectivity index (χ2v) is 6.52. The maximum Gasteiger partial charge on any atom is 0.326 e. The minimum atomic E-state index is -0.174. The van der Waals surface area contributed by atoms with Gasteiger partial charge in [0, 0.05) is 24.2 Å². The van der Waals surface area contributed by atoms with Crippen molar-refractivity contribution in [2.24, 2.45) is 0 Å². The van der Waals surface area contributed by atoms with Crippen LogP contribution in [0.15, 0.2) is 48.5 Å². The van der Waals surface area contributed by atoms with E-state index in [9.17, 15) is 9.18 Å². The summed E-state index contributed by atoms with van der Waals surface area (Å²) in [7, 11) is 0. The quantitative estimate of drug-likeness (QED) is 0.881. The van der Waals surface area contributed by atoms with Gasteiger partial charge in [-0.1, -0.05) is 37.3 Å². The van der Waals surface area contributed by atoms with E-state index in [4.69, 9.17) is 0 Å². The Kier molecular flexibility index (Phi) is 5.66. The highest BCUT2D eigenvalue weighted by molar-refractivity contribution is 5.89. The maximum absolute atomic E-state index is 13.8. The fourth-order valence-electron chi connectivity index (χ4n) is 3.20. The van der Waals surface area contributed by atoms with Gasteiger partial charge in [-0.25, -0.2) is 9.18 Å². The Hall–Kier alpha value is -2.40. The molecule has 0 saturated carbocycles. The van der Waals surface area contributed by atoms with E-state index in [1.165, 1.54) is 16.5 Å². The monoisotopic (exact) mass is 342 g/mol. The van der Waals surface area contributed by atoms with E-state index in [0.29, 0.717) is 18.8 Å². The van der Waals surface area contributed by atoms with Crippen LogP contribution in [0.1, 0.15) is 24.5 Å². The lowest BCUT2D eigenvalue weighted by Crippen LogP contribution is -3.13. The molecule has 1 saturated heterocycles. The van der Waals surface area contributed by atoms with Crippen LogP contribution >= 0.6 is 0 Å². The average molecular weight is 342 g/mol. The van der Waals surface area contributed by atoms with Crippen molar-refractivity contribution >= 4 is 11.7 Å². The number of hydrogen-bond donors (Lipinski definition) is 2. The second kappa shape index (κ2) is 8.12. The number of nitrogens with zero attached hydrogens (tertiary/aromatic N) is 1. The molecule has 1 aliphatic rings. The van der Waals surface area contributed by atoms with E-state index >= 15 is 0 Å². The van der Waals surface area contributed by atoms with Gasteiger partial charge in [-0.05, 0) is 30.2 Å². The Morgan fingerprint density at radius 1 is 1.20 bits per heavy atom. The summed E-state index contributed by atoms with van der Waals surface area (Å²) in [5, 5.41) is 2.96. The van der Waals surface area contributed by atoms with Gasteiger partial charge in [0.05, 0.1) is 6.54 Å². The number of amides is 2. The molecule has 0 radical (unpaired) electrons. The fourth-order valence-corrected chi connectivity index (χ4v) is 3.20. The van der Waals surface area contributed by atoms with Gasteiger partial charge in [0.25, 0.3) is 0 Å². The predicted molar refractivity (Wildman–Crippen MR) is 97.0 cm³/mol. The third-order valence-electron chi connectivity index (χ3n) is 4.67. The zero-order chi connectivity index (χ0) is 17.6. The van der Waals surface area contributed by atoms with E-state index in [-0.39, 0.29) is 11.8 Å². The number of nitrogens with one attached hydrogen (secondary N) is 2. The molecule has 1 unspecified atom stereocenters. The number of halogens is 1. The van der Waals surface area contributed by atoms with Gasteiger partial charge in [0.1, 0.15) is 12.4 Å². The van der Waals surface area contributed by atoms with Crippen LogP contribution in [0.3, 0.4) is 0 Å². The number of benzene rings is 2. The summed E-state index contributed by atoms with van der Waals surface area (Å²) in [6.07, 6.45) is 1.90. The molecule has 1 heterocycles. The number of carbonyl (C=O) groups excluding carboxylic acids is 1. The first-order chi connectivity index (χ1) is 12.2. The van der Waals surface area contributed by atoms with Crippen LogP contribution in [-0.4, -0.2) is 30.7 Å². The number of rotatable bonds is 4. The van der Waals surface area contributed by atoms with E-state index in [0.717, 1.165) is 31.6 Å². The van der Waals surface area contributed by atoms with Gasteiger partial charge in [0.15, 0.2) is 6.67 Å². The van der Waals surface area contributed by atoms with Gasteiger partial charge in [-0.15, -0.1) is 0 Å². The molecule has 1 fully saturated rings. The summed E-state index contributed by atoms with van der Waals surface area (Å²) in [6.45, 7) is 4.98. The zero-order valence-electron chi connectivity index (χ0n) is 14.6. The van der Waals surface area contributed by atoms with Crippen LogP contribution in [-0.2, 0) is 13.0 Å². The first kappa shape index (κ1) is 17.4. The Bertz CT molecular complexity index is 717. The Balaban J connectivity index is 1.58. The summed E-state index contributed by atoms with van der Waals surface area (Å²) in [5.41, 5.74) is 2.76. The summed E-state index contributed by atoms with van der Waals surface area (Å²) < 4.78 is 13.8. The molecule has 2 aromatic rings. The summed E-state index contributed by atoms with van der Waals surface area (Å²) in [6, 6.07) is 14.7. The number of anilines is 1. The van der Waals surface area contributed by atoms with E-state index in [1.807, 2.05) is 41.3 Å². The van der Waals surface area contributed by atoms with Crippen molar-refractivity contribution in [2.45, 2.75) is 26.3 Å². The third kappa shape index (κ3) is 4.57. The number of quaternary nitrogens is 1. The van der Waals surface area contributed by atoms with Crippen LogP contribution in [0.2, 0.25) is 0 Å². The molecule has 2 N–H and O–H groups in total. The molecule has 0 spiro atoms. The maximum atomic E-state index is 13.8. The normalized spacial score (nSPS) is 17.4. The minimum Gasteiger partial charge on any atom is -0.314 e. The molecule has 132 valence electrons. The van der Waals surface area contributed by atoms with E-state index < -0.39 is 0 Å². The van der Waals surface area contributed by atoms with Crippen molar-refractivity contribution in [1.82, 2.24) is 4.90 Å². The standard InChI is InChI=1S/C20H24FN3O/c1-2-16-8-10-18(11-9-16)22-20(25)24-13-5-12-23(15-24)14-17-6-3-4-7-19(17)21/h3-4,6-11H,2,5,12-15H2,1H3,(H,22,25)/p+1. The number of hydrogen-bond acceptors (Lipinski definition) is 1. The Morgan fingerprint density at radius 3 is 2.68 bits per heavy atom. The van der Waals surface area contributed by atoms with E-state index in [1.54, 1.807) is 6.07 Å². The highest BCUT2D eigenvalue weighted by Gasteiger charge is 2.25. The van der Waals surface area contributed by atoms with Crippen molar-refractivity contribution in [3.05, 3.63) is 65.5 Å². The molecule has 1 aliphatic heterocycles. The molecule has 0 aliphatic carbocycles. The van der Waals surface area contributed by atoms with Crippen molar-refractivity contribution in [2.75, 3.05) is 25.1 Å². The van der Waals surface area contributed by atoms with Crippen molar-refractivity contribution in [1.29, 1.82) is 0 Å². The Labute approximate surface area is 148 Å². The van der Waals surface area contributed by atoms with Crippen LogP contribution in [0.5, 0.6) is 0 Å². The van der Waals surface area contributed by atoms with Gasteiger partial charge in [-0.3, -0.25) is 4.90 Å². The third-order valence-corrected chi connectivity index (χ3v) is 4.67. The number of carbonyl (C=O) groups is 1. The summed E-state index contributed by atoms with van der Waals surface area (Å²) >= 11 is 0. The molecule has 0 bridgehead atoms. The molecule has 3 rings (SSSR count). The van der Waals surface area contributed by atoms with Crippen LogP contribution in [0, 0.1) is 5.82 Å². The summed E-state index contributed by atoms with van der Waals surface area (Å²) in [4.78, 5) is 15.5. The molecule has 1 atom stereocenters. The fraction of sp³-hybridized carbons (Fsp3) is 0.350. The molecule has 0 aromatic heterocycles. The smallest absolute Gasteiger partial charge is 0.314 e. The second-order valence-electron chi connectivity index (χ2n) is 6.52. The lowest BCUT2D eigenvalue weighted by Gasteiger charge is -2.32. The van der Waals surface area contributed by atoms with Crippen LogP contribution in [0.25, 0.3) is 0 Å². The molecular weight excluding hydrogens is 317 g/mol. The molecule has 5 heteroatoms. The SMILES string of the molecule is CCc1ccc(NC(=O)N2CCC[NH+](Cc3ccccc3F)C2)cc1. The number of urea groups is 1. The average Bonchev–Trinajstić information content (AvgIpc) is 2.64. The summed E-state index contributed by atoms with van der Waals surface area (Å²) in [5.74, 6) is -0.174. The lowest BCUT2D eigenvalue weighted by atomic mass is 10.1. The topological polar surface area (TPSA) is 36.8 Å². The predicted octanol–water partition coefficient (Wildman–Crippen LogP) is 2.67. The lowest BCUT2D eigenvalue weighted by molar-refractivity contribution is -0.927. The van der Waals surface area contributed by atoms with Crippen LogP contribution in [0.4, 0.5) is 14.9 Å². The van der Waals surface area contributed by atoms with E-state index in [2.05, 4.69) is 12.2 Å². The highest BCUT2D eigenvalue weighted by atomic mass is 19.1. The number of aryl methyl sites for hydroxylation is 1. The van der Waals surface area contributed by atoms with Crippen molar-refractivity contribution in [3.63, 3.8) is 0 Å². The minimum absolute atomic E-state index is 0.0880. The Morgan fingerprint density at radius 2 is 1.96 bits per heavy atom. The van der Waals surface area contributed by atoms with Crippen LogP contribution < -0.4 is 10.2 Å². The first-order valence-corrected chi connectivity index (χ1v) is 8.87. The van der Waals surface area contributed by atoms with Crippen molar-refractivity contribution < 1.29 is 14.1 Å². The van der Waals surface area contributed by atoms with Gasteiger partial charge in [0.2, 0.25) is 0 Å². The van der Waals surface area contributed by atoms with Crippen molar-refractivity contribution in [3.8, 4) is 0 Å². The van der Waals surface area contributed by atoms with Gasteiger partial charge >= 0.3 is 6.03 Å². The highest BCUT2D eigenvalue weighted by Crippen LogP contribution is 2.11. The van der Waals surface area contributed by atoms with Gasteiger partial charge < -0.3 is 10.2 Å².